The van der Waals surface area contributed by atoms with Crippen molar-refractivity contribution in [3.8, 4) is 0 Å². The molecule has 96 valence electrons. The first kappa shape index (κ1) is 13.7. The Morgan fingerprint density at radius 1 is 1.24 bits per heavy atom. The third-order valence-corrected chi connectivity index (χ3v) is 2.37. The van der Waals surface area contributed by atoms with Crippen LogP contribution in [0, 0.1) is 0 Å². The maximum atomic E-state index is 11.8. The van der Waals surface area contributed by atoms with Gasteiger partial charge in [0.15, 0.2) is 0 Å². The van der Waals surface area contributed by atoms with Gasteiger partial charge in [-0.05, 0) is 6.92 Å². The molecule has 1 aromatic heterocycles. The fourth-order valence-corrected chi connectivity index (χ4v) is 1.40. The summed E-state index contributed by atoms with van der Waals surface area (Å²) in [7, 11) is 1.59. The second kappa shape index (κ2) is 7.03. The van der Waals surface area contributed by atoms with E-state index in [1.165, 1.54) is 21.4 Å². The minimum atomic E-state index is -0.296. The number of methoxy groups -OCH3 is 1. The summed E-state index contributed by atoms with van der Waals surface area (Å²) in [6, 6.07) is 1.39. The van der Waals surface area contributed by atoms with Crippen LogP contribution in [-0.2, 0) is 22.6 Å². The normalized spacial score (nSPS) is 10.7. The number of rotatable bonds is 7. The van der Waals surface area contributed by atoms with E-state index >= 15 is 0 Å². The number of hydrogen-bond acceptors (Lipinski definition) is 4. The van der Waals surface area contributed by atoms with Crippen molar-refractivity contribution in [1.82, 2.24) is 9.13 Å². The van der Waals surface area contributed by atoms with Crippen LogP contribution in [0.25, 0.3) is 0 Å². The molecule has 0 aliphatic heterocycles. The SMILES string of the molecule is CCn1ccc(=O)n(CCOCCOC)c1=O. The highest BCUT2D eigenvalue weighted by Gasteiger charge is 2.03. The van der Waals surface area contributed by atoms with E-state index in [9.17, 15) is 9.59 Å². The third-order valence-electron chi connectivity index (χ3n) is 2.37. The minimum absolute atomic E-state index is 0.266. The minimum Gasteiger partial charge on any atom is -0.382 e. The van der Waals surface area contributed by atoms with E-state index in [1.807, 2.05) is 6.92 Å². The molecule has 17 heavy (non-hydrogen) atoms. The maximum absolute atomic E-state index is 11.8. The zero-order valence-corrected chi connectivity index (χ0v) is 10.2. The molecule has 0 aliphatic carbocycles. The van der Waals surface area contributed by atoms with Crippen LogP contribution in [0.15, 0.2) is 21.9 Å². The molecule has 0 unspecified atom stereocenters. The van der Waals surface area contributed by atoms with Crippen LogP contribution in [-0.4, -0.2) is 36.1 Å². The van der Waals surface area contributed by atoms with E-state index in [2.05, 4.69) is 0 Å². The van der Waals surface area contributed by atoms with Crippen LogP contribution in [0.5, 0.6) is 0 Å². The molecule has 0 bridgehead atoms. The lowest BCUT2D eigenvalue weighted by Gasteiger charge is -2.08. The van der Waals surface area contributed by atoms with Gasteiger partial charge in [0.2, 0.25) is 0 Å². The van der Waals surface area contributed by atoms with E-state index in [0.29, 0.717) is 26.4 Å². The molecule has 1 aromatic rings. The van der Waals surface area contributed by atoms with E-state index in [1.54, 1.807) is 7.11 Å². The molecule has 0 aromatic carbocycles. The number of aryl methyl sites for hydroxylation is 1. The zero-order valence-electron chi connectivity index (χ0n) is 10.2. The average molecular weight is 242 g/mol. The summed E-state index contributed by atoms with van der Waals surface area (Å²) < 4.78 is 12.7. The molecular formula is C11H18N2O4. The molecule has 0 saturated carbocycles. The smallest absolute Gasteiger partial charge is 0.331 e. The molecule has 0 radical (unpaired) electrons. The van der Waals surface area contributed by atoms with Crippen molar-refractivity contribution in [3.63, 3.8) is 0 Å². The van der Waals surface area contributed by atoms with E-state index in [0.717, 1.165) is 0 Å². The lowest BCUT2D eigenvalue weighted by Crippen LogP contribution is -2.39. The Balaban J connectivity index is 2.64. The molecule has 1 rings (SSSR count). The van der Waals surface area contributed by atoms with Crippen molar-refractivity contribution in [2.24, 2.45) is 0 Å². The van der Waals surface area contributed by atoms with E-state index < -0.39 is 0 Å². The van der Waals surface area contributed by atoms with Gasteiger partial charge in [-0.1, -0.05) is 0 Å². The van der Waals surface area contributed by atoms with Gasteiger partial charge < -0.3 is 14.0 Å². The first-order chi connectivity index (χ1) is 8.20. The fraction of sp³-hybridized carbons (Fsp3) is 0.636. The Morgan fingerprint density at radius 2 is 2.00 bits per heavy atom. The fourth-order valence-electron chi connectivity index (χ4n) is 1.40. The van der Waals surface area contributed by atoms with E-state index in [4.69, 9.17) is 9.47 Å². The van der Waals surface area contributed by atoms with Crippen molar-refractivity contribution in [2.75, 3.05) is 26.9 Å². The topological polar surface area (TPSA) is 62.5 Å². The standard InChI is InChI=1S/C11H18N2O4/c1-3-12-5-4-10(14)13(11(12)15)6-7-17-9-8-16-2/h4-5H,3,6-9H2,1-2H3. The summed E-state index contributed by atoms with van der Waals surface area (Å²) in [5.74, 6) is 0. The zero-order chi connectivity index (χ0) is 12.7. The van der Waals surface area contributed by atoms with Gasteiger partial charge >= 0.3 is 5.69 Å². The van der Waals surface area contributed by atoms with Crippen molar-refractivity contribution >= 4 is 0 Å². The van der Waals surface area contributed by atoms with E-state index in [-0.39, 0.29) is 17.8 Å². The van der Waals surface area contributed by atoms with Gasteiger partial charge in [0.05, 0.1) is 26.4 Å². The highest BCUT2D eigenvalue weighted by atomic mass is 16.5. The number of ether oxygens (including phenoxy) is 2. The molecule has 6 heteroatoms. The van der Waals surface area contributed by atoms with Gasteiger partial charge in [-0.3, -0.25) is 9.36 Å². The third kappa shape index (κ3) is 3.83. The van der Waals surface area contributed by atoms with Gasteiger partial charge in [0, 0.05) is 25.9 Å². The second-order valence-corrected chi connectivity index (χ2v) is 3.48. The van der Waals surface area contributed by atoms with Crippen LogP contribution in [0.1, 0.15) is 6.92 Å². The van der Waals surface area contributed by atoms with Crippen molar-refractivity contribution in [1.29, 1.82) is 0 Å². The first-order valence-corrected chi connectivity index (χ1v) is 5.57. The Hall–Kier alpha value is -1.40. The van der Waals surface area contributed by atoms with Crippen LogP contribution < -0.4 is 11.2 Å². The molecule has 0 N–H and O–H groups in total. The summed E-state index contributed by atoms with van der Waals surface area (Å²) in [6.07, 6.45) is 1.51. The number of nitrogens with zero attached hydrogens (tertiary/aromatic N) is 2. The van der Waals surface area contributed by atoms with Crippen molar-refractivity contribution in [2.45, 2.75) is 20.0 Å². The second-order valence-electron chi connectivity index (χ2n) is 3.48. The molecule has 0 amide bonds. The predicted octanol–water partition coefficient (Wildman–Crippen LogP) is -0.307. The van der Waals surface area contributed by atoms with Crippen LogP contribution in [0.3, 0.4) is 0 Å². The molecule has 0 fully saturated rings. The molecular weight excluding hydrogens is 224 g/mol. The highest BCUT2D eigenvalue weighted by molar-refractivity contribution is 4.86. The van der Waals surface area contributed by atoms with Crippen molar-refractivity contribution in [3.05, 3.63) is 33.1 Å². The number of aromatic nitrogens is 2. The molecule has 0 atom stereocenters. The lowest BCUT2D eigenvalue weighted by molar-refractivity contribution is 0.0657. The molecule has 0 saturated heterocycles. The Kier molecular flexibility index (Phi) is 5.65. The van der Waals surface area contributed by atoms with Crippen LogP contribution >= 0.6 is 0 Å². The highest BCUT2D eigenvalue weighted by Crippen LogP contribution is 1.81. The summed E-state index contributed by atoms with van der Waals surface area (Å²) in [5, 5.41) is 0. The number of hydrogen-bond donors (Lipinski definition) is 0. The first-order valence-electron chi connectivity index (χ1n) is 5.57. The molecule has 0 aliphatic rings. The summed E-state index contributed by atoms with van der Waals surface area (Å²) in [5.41, 5.74) is -0.592. The average Bonchev–Trinajstić information content (AvgIpc) is 2.33. The monoisotopic (exact) mass is 242 g/mol. The molecule has 0 spiro atoms. The summed E-state index contributed by atoms with van der Waals surface area (Å²) in [6.45, 7) is 3.95. The Labute approximate surface area is 99.4 Å². The van der Waals surface area contributed by atoms with Gasteiger partial charge in [0.25, 0.3) is 5.56 Å². The lowest BCUT2D eigenvalue weighted by atomic mass is 10.5. The van der Waals surface area contributed by atoms with Gasteiger partial charge in [-0.15, -0.1) is 0 Å². The molecule has 1 heterocycles. The van der Waals surface area contributed by atoms with Crippen LogP contribution in [0.4, 0.5) is 0 Å². The summed E-state index contributed by atoms with van der Waals surface area (Å²) >= 11 is 0. The van der Waals surface area contributed by atoms with Gasteiger partial charge in [-0.25, -0.2) is 4.79 Å². The predicted molar refractivity (Wildman–Crippen MR) is 63.3 cm³/mol. The van der Waals surface area contributed by atoms with Crippen LogP contribution in [0.2, 0.25) is 0 Å². The largest absolute Gasteiger partial charge is 0.382 e. The Morgan fingerprint density at radius 3 is 2.65 bits per heavy atom. The van der Waals surface area contributed by atoms with Gasteiger partial charge in [-0.2, -0.15) is 0 Å². The Bertz CT molecular complexity index is 450. The maximum Gasteiger partial charge on any atom is 0.331 e. The van der Waals surface area contributed by atoms with Gasteiger partial charge in [0.1, 0.15) is 0 Å². The van der Waals surface area contributed by atoms with Crippen molar-refractivity contribution < 1.29 is 9.47 Å². The molecule has 6 nitrogen and oxygen atoms in total. The quantitative estimate of drug-likeness (QED) is 0.615. The summed E-state index contributed by atoms with van der Waals surface area (Å²) in [4.78, 5) is 23.3.